The first-order valence-electron chi connectivity index (χ1n) is 5.97. The van der Waals surface area contributed by atoms with Crippen LogP contribution < -0.4 is 20.7 Å². The van der Waals surface area contributed by atoms with Crippen LogP contribution in [0.2, 0.25) is 0 Å². The quantitative estimate of drug-likeness (QED) is 0.724. The van der Waals surface area contributed by atoms with Crippen LogP contribution in [0.3, 0.4) is 0 Å². The lowest BCUT2D eigenvalue weighted by molar-refractivity contribution is -0.274. The summed E-state index contributed by atoms with van der Waals surface area (Å²) in [5, 5.41) is 8.17. The largest absolute Gasteiger partial charge is 0.573 e. The topological polar surface area (TPSA) is 62.4 Å². The smallest absolute Gasteiger partial charge is 0.406 e. The standard InChI is InChI=1S/C12H14F3N3O2S/c1-2-16-10(19)7-17-11(21)18-8-3-5-9(6-4-8)20-12(13,14)15/h3-6H,2,7H2,1H3,(H,16,19)(H2,17,18,21). The number of anilines is 1. The summed E-state index contributed by atoms with van der Waals surface area (Å²) >= 11 is 4.95. The van der Waals surface area contributed by atoms with Gasteiger partial charge in [-0.15, -0.1) is 13.2 Å². The predicted octanol–water partition coefficient (Wildman–Crippen LogP) is 2.01. The average Bonchev–Trinajstić information content (AvgIpc) is 2.37. The lowest BCUT2D eigenvalue weighted by Gasteiger charge is -2.12. The Morgan fingerprint density at radius 2 is 1.86 bits per heavy atom. The maximum atomic E-state index is 12.0. The van der Waals surface area contributed by atoms with Crippen LogP contribution in [-0.4, -0.2) is 30.5 Å². The van der Waals surface area contributed by atoms with Gasteiger partial charge in [-0.25, -0.2) is 0 Å². The summed E-state index contributed by atoms with van der Waals surface area (Å²) in [7, 11) is 0. The number of alkyl halides is 3. The second kappa shape index (κ2) is 7.67. The van der Waals surface area contributed by atoms with Gasteiger partial charge in [-0.1, -0.05) is 0 Å². The highest BCUT2D eigenvalue weighted by molar-refractivity contribution is 7.80. The zero-order chi connectivity index (χ0) is 15.9. The first-order chi connectivity index (χ1) is 9.80. The van der Waals surface area contributed by atoms with Crippen LogP contribution in [0.5, 0.6) is 5.75 Å². The Bertz CT molecular complexity index is 492. The van der Waals surface area contributed by atoms with Crippen LogP contribution in [0, 0.1) is 0 Å². The number of nitrogens with one attached hydrogen (secondary N) is 3. The molecule has 0 radical (unpaired) electrons. The molecular formula is C12H14F3N3O2S. The minimum atomic E-state index is -4.72. The molecular weight excluding hydrogens is 307 g/mol. The second-order valence-electron chi connectivity index (χ2n) is 3.83. The van der Waals surface area contributed by atoms with Crippen molar-refractivity contribution in [1.29, 1.82) is 0 Å². The molecule has 0 aliphatic heterocycles. The number of carbonyl (C=O) groups excluding carboxylic acids is 1. The Balaban J connectivity index is 2.44. The van der Waals surface area contributed by atoms with E-state index in [2.05, 4.69) is 20.7 Å². The summed E-state index contributed by atoms with van der Waals surface area (Å²) in [5.41, 5.74) is 0.470. The fourth-order valence-corrected chi connectivity index (χ4v) is 1.53. The van der Waals surface area contributed by atoms with E-state index in [-0.39, 0.29) is 23.3 Å². The maximum Gasteiger partial charge on any atom is 0.573 e. The van der Waals surface area contributed by atoms with Crippen LogP contribution in [-0.2, 0) is 4.79 Å². The molecule has 1 rings (SSSR count). The summed E-state index contributed by atoms with van der Waals surface area (Å²) in [5.74, 6) is -0.537. The van der Waals surface area contributed by atoms with Gasteiger partial charge >= 0.3 is 6.36 Å². The number of hydrogen-bond donors (Lipinski definition) is 3. The molecule has 9 heteroatoms. The van der Waals surface area contributed by atoms with Gasteiger partial charge in [0.2, 0.25) is 5.91 Å². The summed E-state index contributed by atoms with van der Waals surface area (Å²) in [6.45, 7) is 2.31. The molecule has 0 saturated heterocycles. The van der Waals surface area contributed by atoms with Gasteiger partial charge in [0.1, 0.15) is 5.75 Å². The fourth-order valence-electron chi connectivity index (χ4n) is 1.34. The van der Waals surface area contributed by atoms with Crippen LogP contribution in [0.4, 0.5) is 18.9 Å². The van der Waals surface area contributed by atoms with Crippen molar-refractivity contribution in [3.8, 4) is 5.75 Å². The number of hydrogen-bond acceptors (Lipinski definition) is 3. The van der Waals surface area contributed by atoms with Crippen molar-refractivity contribution in [3.63, 3.8) is 0 Å². The van der Waals surface area contributed by atoms with Crippen LogP contribution >= 0.6 is 12.2 Å². The Hall–Kier alpha value is -2.03. The van der Waals surface area contributed by atoms with Crippen LogP contribution in [0.25, 0.3) is 0 Å². The van der Waals surface area contributed by atoms with Crippen molar-refractivity contribution in [2.75, 3.05) is 18.4 Å². The molecule has 0 aliphatic carbocycles. The first kappa shape index (κ1) is 17.0. The third-order valence-electron chi connectivity index (χ3n) is 2.13. The molecule has 21 heavy (non-hydrogen) atoms. The van der Waals surface area contributed by atoms with Crippen LogP contribution in [0.15, 0.2) is 24.3 Å². The van der Waals surface area contributed by atoms with E-state index in [1.165, 1.54) is 12.1 Å². The molecule has 0 spiro atoms. The highest BCUT2D eigenvalue weighted by Gasteiger charge is 2.30. The number of carbonyl (C=O) groups is 1. The van der Waals surface area contributed by atoms with E-state index >= 15 is 0 Å². The molecule has 0 saturated carbocycles. The molecule has 0 unspecified atom stereocenters. The number of rotatable bonds is 5. The van der Waals surface area contributed by atoms with Crippen molar-refractivity contribution < 1.29 is 22.7 Å². The molecule has 0 bridgehead atoms. The van der Waals surface area contributed by atoms with Gasteiger partial charge in [0, 0.05) is 12.2 Å². The Kier molecular flexibility index (Phi) is 6.22. The predicted molar refractivity (Wildman–Crippen MR) is 76.0 cm³/mol. The van der Waals surface area contributed by atoms with E-state index in [9.17, 15) is 18.0 Å². The molecule has 1 aromatic rings. The number of thiocarbonyl (C=S) groups is 1. The van der Waals surface area contributed by atoms with Gasteiger partial charge < -0.3 is 20.7 Å². The summed E-state index contributed by atoms with van der Waals surface area (Å²) in [4.78, 5) is 11.2. The number of amides is 1. The lowest BCUT2D eigenvalue weighted by atomic mass is 10.3. The SMILES string of the molecule is CCNC(=O)CNC(=S)Nc1ccc(OC(F)(F)F)cc1. The Morgan fingerprint density at radius 1 is 1.24 bits per heavy atom. The molecule has 0 aliphatic rings. The number of halogens is 3. The molecule has 116 valence electrons. The molecule has 0 fully saturated rings. The summed E-state index contributed by atoms with van der Waals surface area (Å²) in [6, 6.07) is 5.06. The van der Waals surface area contributed by atoms with E-state index in [1.807, 2.05) is 0 Å². The number of likely N-dealkylation sites (N-methyl/N-ethyl adjacent to an activating group) is 1. The Labute approximate surface area is 124 Å². The van der Waals surface area contributed by atoms with Crippen molar-refractivity contribution in [2.24, 2.45) is 0 Å². The summed E-state index contributed by atoms with van der Waals surface area (Å²) in [6.07, 6.45) is -4.72. The molecule has 0 aromatic heterocycles. The van der Waals surface area contributed by atoms with Gasteiger partial charge in [0.05, 0.1) is 6.54 Å². The highest BCUT2D eigenvalue weighted by Crippen LogP contribution is 2.23. The molecule has 5 nitrogen and oxygen atoms in total. The maximum absolute atomic E-state index is 12.0. The second-order valence-corrected chi connectivity index (χ2v) is 4.24. The van der Waals surface area contributed by atoms with Gasteiger partial charge in [0.15, 0.2) is 5.11 Å². The van der Waals surface area contributed by atoms with E-state index in [1.54, 1.807) is 6.92 Å². The average molecular weight is 321 g/mol. The van der Waals surface area contributed by atoms with E-state index in [4.69, 9.17) is 12.2 Å². The zero-order valence-electron chi connectivity index (χ0n) is 11.1. The van der Waals surface area contributed by atoms with E-state index < -0.39 is 6.36 Å². The van der Waals surface area contributed by atoms with Crippen LogP contribution in [0.1, 0.15) is 6.92 Å². The van der Waals surface area contributed by atoms with Gasteiger partial charge in [-0.05, 0) is 43.4 Å². The van der Waals surface area contributed by atoms with Gasteiger partial charge in [-0.3, -0.25) is 4.79 Å². The Morgan fingerprint density at radius 3 is 2.38 bits per heavy atom. The lowest BCUT2D eigenvalue weighted by Crippen LogP contribution is -2.38. The van der Waals surface area contributed by atoms with Gasteiger partial charge in [-0.2, -0.15) is 0 Å². The third kappa shape index (κ3) is 7.35. The van der Waals surface area contributed by atoms with Crippen molar-refractivity contribution in [1.82, 2.24) is 10.6 Å². The fraction of sp³-hybridized carbons (Fsp3) is 0.333. The van der Waals surface area contributed by atoms with Crippen molar-refractivity contribution in [2.45, 2.75) is 13.3 Å². The zero-order valence-corrected chi connectivity index (χ0v) is 11.9. The normalized spacial score (nSPS) is 10.7. The van der Waals surface area contributed by atoms with Gasteiger partial charge in [0.25, 0.3) is 0 Å². The molecule has 0 heterocycles. The molecule has 1 aromatic carbocycles. The molecule has 3 N–H and O–H groups in total. The minimum Gasteiger partial charge on any atom is -0.406 e. The number of benzene rings is 1. The minimum absolute atomic E-state index is 0.00887. The highest BCUT2D eigenvalue weighted by atomic mass is 32.1. The first-order valence-corrected chi connectivity index (χ1v) is 6.38. The number of ether oxygens (including phenoxy) is 1. The van der Waals surface area contributed by atoms with Crippen molar-refractivity contribution in [3.05, 3.63) is 24.3 Å². The third-order valence-corrected chi connectivity index (χ3v) is 2.38. The molecule has 1 amide bonds. The van der Waals surface area contributed by atoms with Crippen molar-refractivity contribution >= 4 is 28.9 Å². The van der Waals surface area contributed by atoms with E-state index in [0.717, 1.165) is 12.1 Å². The summed E-state index contributed by atoms with van der Waals surface area (Å²) < 4.78 is 39.7. The van der Waals surface area contributed by atoms with E-state index in [0.29, 0.717) is 12.2 Å². The monoisotopic (exact) mass is 321 g/mol. The molecule has 0 atom stereocenters.